The summed E-state index contributed by atoms with van der Waals surface area (Å²) in [4.78, 5) is 4.67. The maximum atomic E-state index is 14.8. The average molecular weight is 873 g/mol. The Hall–Kier alpha value is -3.82. The molecule has 1 atom stereocenters. The van der Waals surface area contributed by atoms with Crippen LogP contribution in [0.25, 0.3) is 0 Å². The molecule has 1 aliphatic carbocycles. The third kappa shape index (κ3) is 10.1. The molecule has 3 aliphatic rings. The number of benzene rings is 3. The van der Waals surface area contributed by atoms with Gasteiger partial charge < -0.3 is 19.6 Å². The number of para-hydroxylation sites is 3. The summed E-state index contributed by atoms with van der Waals surface area (Å²) in [7, 11) is -5.76. The van der Waals surface area contributed by atoms with Crippen LogP contribution in [0.1, 0.15) is 98.1 Å². The van der Waals surface area contributed by atoms with Crippen molar-refractivity contribution < 1.29 is 35.8 Å². The summed E-state index contributed by atoms with van der Waals surface area (Å²) in [6.07, 6.45) is 12.9. The van der Waals surface area contributed by atoms with Crippen LogP contribution in [0.5, 0.6) is 0 Å². The largest absolute Gasteiger partial charge is 0.748 e. The molecule has 10 nitrogen and oxygen atoms in total. The number of rotatable bonds is 16. The minimum absolute atomic E-state index is 0.276. The van der Waals surface area contributed by atoms with Gasteiger partial charge in [-0.15, -0.1) is 0 Å². The van der Waals surface area contributed by atoms with Crippen molar-refractivity contribution in [2.45, 2.75) is 103 Å². The van der Waals surface area contributed by atoms with Crippen molar-refractivity contribution in [3.63, 3.8) is 0 Å². The molecule has 0 N–H and O–H groups in total. The Kier molecular flexibility index (Phi) is 14.5. The fourth-order valence-electron chi connectivity index (χ4n) is 8.60. The lowest BCUT2D eigenvalue weighted by Crippen LogP contribution is -2.33. The lowest BCUT2D eigenvalue weighted by Gasteiger charge is -2.27. The Bertz CT molecular complexity index is 2320. The maximum Gasteiger partial charge on any atom is 0.293 e. The van der Waals surface area contributed by atoms with Gasteiger partial charge in [0.25, 0.3) is 11.0 Å². The zero-order valence-corrected chi connectivity index (χ0v) is 38.3. The van der Waals surface area contributed by atoms with Crippen molar-refractivity contribution in [2.24, 2.45) is 0 Å². The van der Waals surface area contributed by atoms with Crippen molar-refractivity contribution in [3.05, 3.63) is 137 Å². The smallest absolute Gasteiger partial charge is 0.293 e. The summed E-state index contributed by atoms with van der Waals surface area (Å²) in [5, 5.41) is 13.8. The zero-order valence-electron chi connectivity index (χ0n) is 35.8. The second-order valence-corrected chi connectivity index (χ2v) is 21.9. The van der Waals surface area contributed by atoms with E-state index in [1.807, 2.05) is 67.2 Å². The molecule has 0 amide bonds. The molecule has 0 radical (unpaired) electrons. The van der Waals surface area contributed by atoms with Crippen molar-refractivity contribution in [3.8, 4) is 0 Å². The van der Waals surface area contributed by atoms with Crippen molar-refractivity contribution in [2.75, 3.05) is 34.4 Å². The second kappa shape index (κ2) is 19.1. The summed E-state index contributed by atoms with van der Waals surface area (Å²) >= 11 is 1.02. The molecule has 1 saturated carbocycles. The minimum atomic E-state index is -4.30. The Morgan fingerprint density at radius 1 is 0.750 bits per heavy atom. The molecule has 3 aromatic carbocycles. The number of hydrogen-bond donors (Lipinski definition) is 0. The topological polar surface area (TPSA) is 125 Å². The van der Waals surface area contributed by atoms with Crippen LogP contribution in [-0.2, 0) is 41.3 Å². The van der Waals surface area contributed by atoms with Crippen LogP contribution in [0.2, 0.25) is 0 Å². The summed E-state index contributed by atoms with van der Waals surface area (Å²) in [5.74, 6) is 0.259. The first-order chi connectivity index (χ1) is 28.5. The van der Waals surface area contributed by atoms with Crippen LogP contribution in [-0.4, -0.2) is 56.2 Å². The molecule has 13 heteroatoms. The monoisotopic (exact) mass is 872 g/mol. The first-order valence-corrected chi connectivity index (χ1v) is 24.3. The summed E-state index contributed by atoms with van der Waals surface area (Å²) in [6.45, 7) is 16.3. The van der Waals surface area contributed by atoms with Gasteiger partial charge in [0.1, 0.15) is 4.75 Å². The van der Waals surface area contributed by atoms with Crippen LogP contribution < -0.4 is 15.1 Å². The number of nitrogens with zero attached hydrogens (tertiary/aromatic N) is 3. The van der Waals surface area contributed by atoms with E-state index in [0.29, 0.717) is 18.7 Å². The maximum absolute atomic E-state index is 14.8. The lowest BCUT2D eigenvalue weighted by molar-refractivity contribution is -0.777. The SMILES string of the molecule is CC1(C)/C(=C\C=C2CCC(=C\C=C3\N(CCCCS(=O)(=O)[O-])c4ccccc4C3(C)C)/C2=[N+](/c2ccccc2)S(=O)C(C)(C)C)N(CCCCSOO[O-])c2ccccc21. The van der Waals surface area contributed by atoms with Gasteiger partial charge in [-0.05, 0) is 94.7 Å². The Morgan fingerprint density at radius 2 is 1.23 bits per heavy atom. The number of allylic oxidation sites excluding steroid dienone is 8. The highest BCUT2D eigenvalue weighted by molar-refractivity contribution is 7.94. The number of anilines is 2. The summed E-state index contributed by atoms with van der Waals surface area (Å²) in [5.41, 5.74) is 10.3. The molecule has 0 spiro atoms. The summed E-state index contributed by atoms with van der Waals surface area (Å²) < 4.78 is 55.0. The Morgan fingerprint density at radius 3 is 1.72 bits per heavy atom. The zero-order chi connectivity index (χ0) is 43.3. The Balaban J connectivity index is 1.47. The quantitative estimate of drug-likeness (QED) is 0.0344. The van der Waals surface area contributed by atoms with Crippen molar-refractivity contribution >= 4 is 55.9 Å². The average Bonchev–Trinajstić information content (AvgIpc) is 3.77. The number of unbranched alkanes of at least 4 members (excludes halogenated alkanes) is 2. The molecule has 0 aromatic heterocycles. The van der Waals surface area contributed by atoms with Gasteiger partial charge in [0.05, 0.1) is 10.1 Å². The van der Waals surface area contributed by atoms with Gasteiger partial charge in [-0.2, -0.15) is 8.54 Å². The van der Waals surface area contributed by atoms with E-state index in [0.717, 1.165) is 78.2 Å². The molecule has 60 heavy (non-hydrogen) atoms. The second-order valence-electron chi connectivity index (χ2n) is 17.5. The van der Waals surface area contributed by atoms with Gasteiger partial charge in [0.2, 0.25) is 11.4 Å². The molecule has 6 rings (SSSR count). The first kappa shape index (κ1) is 45.7. The first-order valence-electron chi connectivity index (χ1n) is 20.7. The van der Waals surface area contributed by atoms with E-state index in [1.165, 1.54) is 22.5 Å². The highest BCUT2D eigenvalue weighted by Gasteiger charge is 2.43. The lowest BCUT2D eigenvalue weighted by atomic mass is 9.83. The molecule has 322 valence electrons. The van der Waals surface area contributed by atoms with E-state index >= 15 is 0 Å². The van der Waals surface area contributed by atoms with Gasteiger partial charge >= 0.3 is 0 Å². The molecule has 0 bridgehead atoms. The molecule has 2 heterocycles. The van der Waals surface area contributed by atoms with Gasteiger partial charge in [0.15, 0.2) is 0 Å². The van der Waals surface area contributed by atoms with Gasteiger partial charge in [-0.1, -0.05) is 98.4 Å². The molecule has 0 saturated heterocycles. The van der Waals surface area contributed by atoms with E-state index in [9.17, 15) is 22.4 Å². The highest BCUT2D eigenvalue weighted by Crippen LogP contribution is 2.49. The highest BCUT2D eigenvalue weighted by atomic mass is 32.2. The van der Waals surface area contributed by atoms with Gasteiger partial charge in [-0.25, -0.2) is 8.42 Å². The van der Waals surface area contributed by atoms with E-state index in [1.54, 1.807) is 0 Å². The molecule has 2 aliphatic heterocycles. The molecule has 3 aromatic rings. The van der Waals surface area contributed by atoms with Crippen molar-refractivity contribution in [1.82, 2.24) is 0 Å². The molecular weight excluding hydrogens is 815 g/mol. The third-order valence-corrected chi connectivity index (χ3v) is 14.8. The van der Waals surface area contributed by atoms with E-state index < -0.39 is 25.9 Å². The summed E-state index contributed by atoms with van der Waals surface area (Å²) in [6, 6.07) is 26.8. The molecule has 1 unspecified atom stereocenters. The minimum Gasteiger partial charge on any atom is -0.748 e. The normalized spacial score (nSPS) is 21.4. The van der Waals surface area contributed by atoms with Crippen LogP contribution in [0.3, 0.4) is 0 Å². The van der Waals surface area contributed by atoms with Crippen molar-refractivity contribution in [1.29, 1.82) is 0 Å². The fourth-order valence-corrected chi connectivity index (χ4v) is 10.8. The van der Waals surface area contributed by atoms with E-state index in [4.69, 9.17) is 0 Å². The fraction of sp³-hybridized carbons (Fsp3) is 0.426. The van der Waals surface area contributed by atoms with E-state index in [-0.39, 0.29) is 23.0 Å². The Labute approximate surface area is 363 Å². The standard InChI is InChI=1S/C47H59N3O7S3/c1-45(2,3)59(52)50(37-19-9-8-10-20-37)44-35(27-29-42-46(4,5)38-21-11-13-23-40(38)48(42)31-15-17-33-58-57-56-51)25-26-36(44)28-30-43-47(6,7)39-22-12-14-24-41(39)49(43)32-16-18-34-60(53,54)55/h8-14,19-24,27-30H,15-18,25-26,31-34H2,1-7H3,(H-,51,53,54,55)/p-1. The van der Waals surface area contributed by atoms with Gasteiger partial charge in [0, 0.05) is 93.5 Å². The van der Waals surface area contributed by atoms with Gasteiger partial charge in [-0.3, -0.25) is 5.04 Å². The molecule has 1 fully saturated rings. The van der Waals surface area contributed by atoms with Crippen LogP contribution in [0.4, 0.5) is 17.1 Å². The predicted octanol–water partition coefficient (Wildman–Crippen LogP) is 9.22. The van der Waals surface area contributed by atoms with Crippen LogP contribution >= 0.6 is 12.0 Å². The van der Waals surface area contributed by atoms with Crippen LogP contribution in [0, 0.1) is 0 Å². The third-order valence-electron chi connectivity index (χ3n) is 11.6. The molecular formula is C47H58N3O7S3-. The number of hydrogen-bond acceptors (Lipinski definition) is 10. The number of fused-ring (bicyclic) bond motifs is 2. The predicted molar refractivity (Wildman–Crippen MR) is 242 cm³/mol. The van der Waals surface area contributed by atoms with Crippen LogP contribution in [0.15, 0.2) is 126 Å². The van der Waals surface area contributed by atoms with E-state index in [2.05, 4.69) is 108 Å².